The van der Waals surface area contributed by atoms with E-state index >= 15 is 0 Å². The van der Waals surface area contributed by atoms with Gasteiger partial charge in [-0.05, 0) is 49.4 Å². The summed E-state index contributed by atoms with van der Waals surface area (Å²) in [5, 5.41) is 0. The summed E-state index contributed by atoms with van der Waals surface area (Å²) in [6, 6.07) is 6.03. The molecule has 0 aliphatic carbocycles. The van der Waals surface area contributed by atoms with E-state index in [1.807, 2.05) is 18.2 Å². The lowest BCUT2D eigenvalue weighted by Crippen LogP contribution is -2.49. The summed E-state index contributed by atoms with van der Waals surface area (Å²) in [7, 11) is 0. The zero-order chi connectivity index (χ0) is 15.5. The van der Waals surface area contributed by atoms with Crippen molar-refractivity contribution in [1.82, 2.24) is 9.80 Å². The SMILES string of the molecule is C=CCc1cc(CN2CCCN3CCCC32)ccc1C(N)=O. The maximum atomic E-state index is 11.5. The first-order valence-electron chi connectivity index (χ1n) is 8.19. The Morgan fingerprint density at radius 3 is 2.91 bits per heavy atom. The summed E-state index contributed by atoms with van der Waals surface area (Å²) in [4.78, 5) is 16.7. The van der Waals surface area contributed by atoms with E-state index in [0.717, 1.165) is 18.7 Å². The molecule has 0 spiro atoms. The molecule has 2 fully saturated rings. The zero-order valence-electron chi connectivity index (χ0n) is 13.1. The number of carbonyl (C=O) groups excluding carboxylic acids is 1. The topological polar surface area (TPSA) is 49.6 Å². The van der Waals surface area contributed by atoms with E-state index in [1.54, 1.807) is 0 Å². The average Bonchev–Trinajstić information content (AvgIpc) is 2.97. The predicted molar refractivity (Wildman–Crippen MR) is 88.5 cm³/mol. The lowest BCUT2D eigenvalue weighted by atomic mass is 10.00. The standard InChI is InChI=1S/C18H25N3O/c1-2-5-15-12-14(7-8-16(15)18(19)22)13-21-11-4-10-20-9-3-6-17(20)21/h2,7-8,12,17H,1,3-6,9-11,13H2,(H2,19,22). The first-order chi connectivity index (χ1) is 10.7. The van der Waals surface area contributed by atoms with E-state index in [1.165, 1.54) is 37.9 Å². The van der Waals surface area contributed by atoms with Crippen LogP contribution < -0.4 is 5.73 Å². The molecule has 1 unspecified atom stereocenters. The molecule has 0 radical (unpaired) electrons. The maximum absolute atomic E-state index is 11.5. The van der Waals surface area contributed by atoms with Crippen molar-refractivity contribution in [1.29, 1.82) is 0 Å². The molecule has 1 aromatic rings. The molecule has 0 bridgehead atoms. The van der Waals surface area contributed by atoms with Crippen molar-refractivity contribution in [3.05, 3.63) is 47.5 Å². The second-order valence-corrected chi connectivity index (χ2v) is 6.33. The monoisotopic (exact) mass is 299 g/mol. The van der Waals surface area contributed by atoms with Crippen LogP contribution in [0.25, 0.3) is 0 Å². The third kappa shape index (κ3) is 3.08. The van der Waals surface area contributed by atoms with Crippen molar-refractivity contribution in [2.75, 3.05) is 19.6 Å². The number of amides is 1. The summed E-state index contributed by atoms with van der Waals surface area (Å²) in [6.07, 6.45) is 6.94. The van der Waals surface area contributed by atoms with Gasteiger partial charge in [0.2, 0.25) is 5.91 Å². The van der Waals surface area contributed by atoms with Crippen molar-refractivity contribution >= 4 is 5.91 Å². The third-order valence-electron chi connectivity index (χ3n) is 4.83. The van der Waals surface area contributed by atoms with E-state index in [0.29, 0.717) is 18.2 Å². The number of primary amides is 1. The van der Waals surface area contributed by atoms with E-state index in [-0.39, 0.29) is 5.91 Å². The van der Waals surface area contributed by atoms with Crippen molar-refractivity contribution in [2.24, 2.45) is 5.73 Å². The van der Waals surface area contributed by atoms with Gasteiger partial charge in [-0.25, -0.2) is 0 Å². The molecular formula is C18H25N3O. The summed E-state index contributed by atoms with van der Waals surface area (Å²) in [6.45, 7) is 8.37. The average molecular weight is 299 g/mol. The van der Waals surface area contributed by atoms with Gasteiger partial charge >= 0.3 is 0 Å². The summed E-state index contributed by atoms with van der Waals surface area (Å²) in [5.41, 5.74) is 8.32. The first kappa shape index (κ1) is 15.3. The van der Waals surface area contributed by atoms with Crippen molar-refractivity contribution < 1.29 is 4.79 Å². The summed E-state index contributed by atoms with van der Waals surface area (Å²) >= 11 is 0. The van der Waals surface area contributed by atoms with Crippen LogP contribution in [0.2, 0.25) is 0 Å². The number of rotatable bonds is 5. The lowest BCUT2D eigenvalue weighted by Gasteiger charge is -2.40. The van der Waals surface area contributed by atoms with Crippen molar-refractivity contribution in [2.45, 2.75) is 38.4 Å². The molecule has 2 aliphatic rings. The zero-order valence-corrected chi connectivity index (χ0v) is 13.1. The molecule has 2 saturated heterocycles. The number of nitrogens with zero attached hydrogens (tertiary/aromatic N) is 2. The number of hydrogen-bond acceptors (Lipinski definition) is 3. The molecule has 2 N–H and O–H groups in total. The van der Waals surface area contributed by atoms with Gasteiger partial charge in [0.15, 0.2) is 0 Å². The minimum absolute atomic E-state index is 0.358. The molecule has 2 aliphatic heterocycles. The molecule has 3 rings (SSSR count). The quantitative estimate of drug-likeness (QED) is 0.848. The number of carbonyl (C=O) groups is 1. The Morgan fingerprint density at radius 1 is 1.32 bits per heavy atom. The Morgan fingerprint density at radius 2 is 2.14 bits per heavy atom. The Labute approximate surface area is 132 Å². The molecule has 1 aromatic carbocycles. The van der Waals surface area contributed by atoms with Crippen LogP contribution in [-0.4, -0.2) is 41.5 Å². The highest BCUT2D eigenvalue weighted by Gasteiger charge is 2.32. The minimum atomic E-state index is -0.358. The van der Waals surface area contributed by atoms with Gasteiger partial charge in [0, 0.05) is 25.2 Å². The van der Waals surface area contributed by atoms with Gasteiger partial charge < -0.3 is 5.73 Å². The van der Waals surface area contributed by atoms with E-state index < -0.39 is 0 Å². The molecule has 22 heavy (non-hydrogen) atoms. The predicted octanol–water partition coefficient (Wildman–Crippen LogP) is 2.14. The first-order valence-corrected chi connectivity index (χ1v) is 8.19. The van der Waals surface area contributed by atoms with E-state index in [4.69, 9.17) is 5.73 Å². The Balaban J connectivity index is 1.78. The highest BCUT2D eigenvalue weighted by molar-refractivity contribution is 5.94. The fourth-order valence-corrected chi connectivity index (χ4v) is 3.84. The molecule has 4 heteroatoms. The largest absolute Gasteiger partial charge is 0.366 e. The number of benzene rings is 1. The molecule has 1 amide bonds. The molecular weight excluding hydrogens is 274 g/mol. The van der Waals surface area contributed by atoms with E-state index in [9.17, 15) is 4.79 Å². The summed E-state index contributed by atoms with van der Waals surface area (Å²) < 4.78 is 0. The molecule has 2 heterocycles. The number of hydrogen-bond donors (Lipinski definition) is 1. The Bertz CT molecular complexity index is 569. The third-order valence-corrected chi connectivity index (χ3v) is 4.83. The fraction of sp³-hybridized carbons (Fsp3) is 0.500. The second-order valence-electron chi connectivity index (χ2n) is 6.33. The number of allylic oxidation sites excluding steroid dienone is 1. The minimum Gasteiger partial charge on any atom is -0.366 e. The van der Waals surface area contributed by atoms with Crippen LogP contribution in [0.5, 0.6) is 0 Å². The smallest absolute Gasteiger partial charge is 0.248 e. The van der Waals surface area contributed by atoms with Crippen LogP contribution >= 0.6 is 0 Å². The molecule has 0 aromatic heterocycles. The van der Waals surface area contributed by atoms with Crippen molar-refractivity contribution in [3.63, 3.8) is 0 Å². The normalized spacial score (nSPS) is 22.5. The van der Waals surface area contributed by atoms with Gasteiger partial charge in [0.1, 0.15) is 0 Å². The highest BCUT2D eigenvalue weighted by atomic mass is 16.1. The highest BCUT2D eigenvalue weighted by Crippen LogP contribution is 2.27. The second kappa shape index (κ2) is 6.63. The summed E-state index contributed by atoms with van der Waals surface area (Å²) in [5.74, 6) is -0.358. The Kier molecular flexibility index (Phi) is 4.60. The van der Waals surface area contributed by atoms with Crippen LogP contribution in [-0.2, 0) is 13.0 Å². The van der Waals surface area contributed by atoms with Crippen LogP contribution in [0.3, 0.4) is 0 Å². The van der Waals surface area contributed by atoms with Crippen LogP contribution in [0.1, 0.15) is 40.7 Å². The fourth-order valence-electron chi connectivity index (χ4n) is 3.84. The number of fused-ring (bicyclic) bond motifs is 1. The van der Waals surface area contributed by atoms with Gasteiger partial charge in [-0.3, -0.25) is 14.6 Å². The van der Waals surface area contributed by atoms with E-state index in [2.05, 4.69) is 22.4 Å². The molecule has 0 saturated carbocycles. The molecule has 4 nitrogen and oxygen atoms in total. The van der Waals surface area contributed by atoms with Crippen molar-refractivity contribution in [3.8, 4) is 0 Å². The molecule has 1 atom stereocenters. The van der Waals surface area contributed by atoms with Gasteiger partial charge in [-0.1, -0.05) is 18.2 Å². The van der Waals surface area contributed by atoms with Crippen LogP contribution in [0.15, 0.2) is 30.9 Å². The Hall–Kier alpha value is -1.65. The van der Waals surface area contributed by atoms with Gasteiger partial charge in [-0.2, -0.15) is 0 Å². The molecule has 118 valence electrons. The van der Waals surface area contributed by atoms with Crippen LogP contribution in [0, 0.1) is 0 Å². The van der Waals surface area contributed by atoms with Crippen LogP contribution in [0.4, 0.5) is 0 Å². The van der Waals surface area contributed by atoms with Gasteiger partial charge in [-0.15, -0.1) is 6.58 Å². The van der Waals surface area contributed by atoms with Gasteiger partial charge in [0.25, 0.3) is 0 Å². The maximum Gasteiger partial charge on any atom is 0.248 e. The van der Waals surface area contributed by atoms with Gasteiger partial charge in [0.05, 0.1) is 6.17 Å². The number of nitrogens with two attached hydrogens (primary N) is 1. The lowest BCUT2D eigenvalue weighted by molar-refractivity contribution is 0.0286.